The molecule has 0 bridgehead atoms. The summed E-state index contributed by atoms with van der Waals surface area (Å²) in [5, 5.41) is 28.5. The summed E-state index contributed by atoms with van der Waals surface area (Å²) >= 11 is 1.56. The summed E-state index contributed by atoms with van der Waals surface area (Å²) in [6.07, 6.45) is -3.97. The molecule has 6 rings (SSSR count). The van der Waals surface area contributed by atoms with Gasteiger partial charge in [0, 0.05) is 48.6 Å². The minimum atomic E-state index is -4.72. The van der Waals surface area contributed by atoms with Crippen LogP contribution < -0.4 is 25.4 Å². The van der Waals surface area contributed by atoms with Gasteiger partial charge in [0.2, 0.25) is 17.7 Å². The smallest absolute Gasteiger partial charge is 0.417 e. The predicted octanol–water partition coefficient (Wildman–Crippen LogP) is 8.00. The van der Waals surface area contributed by atoms with Crippen LogP contribution in [-0.2, 0) is 31.8 Å². The molecule has 1 saturated heterocycles. The quantitative estimate of drug-likeness (QED) is 0.0670. The van der Waals surface area contributed by atoms with Gasteiger partial charge < -0.3 is 40.2 Å². The molecule has 1 aliphatic heterocycles. The molecule has 1 aromatic heterocycles. The van der Waals surface area contributed by atoms with Crippen LogP contribution in [0.3, 0.4) is 0 Å². The SMILES string of the molecule is Cc1ncsc1-c1ccc(CNC(=O)[C@@H]2C[C@@H](O)CN2C(=O)[C@@H](NC(=O)COCCCCCOc2ccc(C(=O)N[C@H]3C(C)(C)[C@H](Oc4ccc(C#N)c(C(F)(F)F)c4)C3(C)C)cc2)C(C)(C)C)cc1. The first-order valence-electron chi connectivity index (χ1n) is 23.4. The number of benzene rings is 3. The molecular weight excluding hydrogens is 926 g/mol. The Hall–Kier alpha value is -6.03. The van der Waals surface area contributed by atoms with Crippen LogP contribution in [-0.4, -0.2) is 95.3 Å². The zero-order valence-corrected chi connectivity index (χ0v) is 41.7. The van der Waals surface area contributed by atoms with Gasteiger partial charge in [-0.15, -0.1) is 11.3 Å². The monoisotopic (exact) mass is 988 g/mol. The van der Waals surface area contributed by atoms with E-state index in [1.807, 2.05) is 79.7 Å². The Labute approximate surface area is 411 Å². The molecule has 0 radical (unpaired) electrons. The van der Waals surface area contributed by atoms with Crippen molar-refractivity contribution in [2.75, 3.05) is 26.4 Å². The van der Waals surface area contributed by atoms with Crippen LogP contribution in [0.1, 0.15) is 107 Å². The topological polar surface area (TPSA) is 192 Å². The van der Waals surface area contributed by atoms with E-state index in [9.17, 15) is 37.5 Å². The Balaban J connectivity index is 0.885. The van der Waals surface area contributed by atoms with Gasteiger partial charge >= 0.3 is 6.18 Å². The molecule has 0 unspecified atom stereocenters. The fourth-order valence-corrected chi connectivity index (χ4v) is 10.4. The van der Waals surface area contributed by atoms with Gasteiger partial charge in [-0.25, -0.2) is 4.98 Å². The summed E-state index contributed by atoms with van der Waals surface area (Å²) < 4.78 is 58.4. The van der Waals surface area contributed by atoms with Gasteiger partial charge in [0.05, 0.1) is 46.0 Å². The first-order valence-corrected chi connectivity index (χ1v) is 24.2. The fourth-order valence-electron chi connectivity index (χ4n) is 9.60. The maximum absolute atomic E-state index is 14.0. The van der Waals surface area contributed by atoms with Gasteiger partial charge in [-0.2, -0.15) is 18.4 Å². The highest BCUT2D eigenvalue weighted by atomic mass is 32.1. The number of unbranched alkanes of at least 4 members (excludes halogenated alkanes) is 2. The van der Waals surface area contributed by atoms with E-state index < -0.39 is 69.7 Å². The molecule has 2 heterocycles. The van der Waals surface area contributed by atoms with Crippen LogP contribution in [0.2, 0.25) is 0 Å². The second kappa shape index (κ2) is 21.9. The molecule has 3 atom stereocenters. The van der Waals surface area contributed by atoms with Gasteiger partial charge in [-0.1, -0.05) is 72.7 Å². The Bertz CT molecular complexity index is 2520. The van der Waals surface area contributed by atoms with E-state index in [2.05, 4.69) is 20.9 Å². The van der Waals surface area contributed by atoms with E-state index in [4.69, 9.17) is 19.5 Å². The van der Waals surface area contributed by atoms with E-state index in [1.54, 1.807) is 47.2 Å². The lowest BCUT2D eigenvalue weighted by atomic mass is 9.49. The van der Waals surface area contributed by atoms with Crippen molar-refractivity contribution < 1.29 is 51.7 Å². The number of aliphatic hydroxyl groups excluding tert-OH is 1. The van der Waals surface area contributed by atoms with E-state index in [-0.39, 0.29) is 49.7 Å². The summed E-state index contributed by atoms with van der Waals surface area (Å²) in [6, 6.07) is 17.1. The van der Waals surface area contributed by atoms with E-state index in [0.717, 1.165) is 40.3 Å². The summed E-state index contributed by atoms with van der Waals surface area (Å²) in [5.41, 5.74) is 1.51. The number of hydrogen-bond acceptors (Lipinski definition) is 11. The van der Waals surface area contributed by atoms with Crippen LogP contribution in [0.5, 0.6) is 11.5 Å². The van der Waals surface area contributed by atoms with Gasteiger partial charge in [0.15, 0.2) is 0 Å². The van der Waals surface area contributed by atoms with Gasteiger partial charge in [0.25, 0.3) is 5.91 Å². The Morgan fingerprint density at radius 2 is 1.60 bits per heavy atom. The second-order valence-corrected chi connectivity index (χ2v) is 21.1. The number of carbonyl (C=O) groups is 4. The molecule has 0 spiro atoms. The number of likely N-dealkylation sites (tertiary alicyclic amines) is 1. The molecule has 4 amide bonds. The third-order valence-corrected chi connectivity index (χ3v) is 14.0. The van der Waals surface area contributed by atoms with Crippen molar-refractivity contribution in [1.82, 2.24) is 25.8 Å². The van der Waals surface area contributed by atoms with Gasteiger partial charge in [-0.3, -0.25) is 19.2 Å². The number of nitrogens with one attached hydrogen (secondary N) is 3. The maximum atomic E-state index is 14.0. The van der Waals surface area contributed by atoms with Gasteiger partial charge in [0.1, 0.15) is 36.3 Å². The number of aromatic nitrogens is 1. The van der Waals surface area contributed by atoms with Crippen molar-refractivity contribution in [2.24, 2.45) is 16.2 Å². The Kier molecular flexibility index (Phi) is 16.7. The van der Waals surface area contributed by atoms with E-state index >= 15 is 0 Å². The largest absolute Gasteiger partial charge is 0.494 e. The molecule has 376 valence electrons. The highest BCUT2D eigenvalue weighted by Gasteiger charge is 2.64. The molecular formula is C52H63F3N6O8S. The van der Waals surface area contributed by atoms with Crippen LogP contribution in [0.4, 0.5) is 13.2 Å². The number of nitriles is 1. The molecule has 4 aromatic rings. The summed E-state index contributed by atoms with van der Waals surface area (Å²) in [7, 11) is 0. The summed E-state index contributed by atoms with van der Waals surface area (Å²) in [5.74, 6) is -1.07. The number of aliphatic hydroxyl groups is 1. The lowest BCUT2D eigenvalue weighted by Crippen LogP contribution is -2.74. The molecule has 2 fully saturated rings. The average molecular weight is 989 g/mol. The minimum Gasteiger partial charge on any atom is -0.494 e. The third kappa shape index (κ3) is 12.6. The van der Waals surface area contributed by atoms with E-state index in [0.29, 0.717) is 37.4 Å². The molecule has 14 nitrogen and oxygen atoms in total. The number of nitrogens with zero attached hydrogens (tertiary/aromatic N) is 3. The summed E-state index contributed by atoms with van der Waals surface area (Å²) in [4.78, 5) is 60.5. The maximum Gasteiger partial charge on any atom is 0.417 e. The highest BCUT2D eigenvalue weighted by molar-refractivity contribution is 7.13. The summed E-state index contributed by atoms with van der Waals surface area (Å²) in [6.45, 7) is 15.6. The predicted molar refractivity (Wildman–Crippen MR) is 258 cm³/mol. The average Bonchev–Trinajstić information content (AvgIpc) is 3.93. The van der Waals surface area contributed by atoms with Crippen LogP contribution >= 0.6 is 11.3 Å². The number of thiazole rings is 1. The number of halogens is 3. The lowest BCUT2D eigenvalue weighted by molar-refractivity contribution is -0.164. The van der Waals surface area contributed by atoms with E-state index in [1.165, 1.54) is 11.0 Å². The van der Waals surface area contributed by atoms with Crippen molar-refractivity contribution in [3.8, 4) is 28.0 Å². The molecule has 2 aliphatic rings. The first-order chi connectivity index (χ1) is 32.9. The number of hydrogen-bond donors (Lipinski definition) is 4. The molecule has 1 aliphatic carbocycles. The van der Waals surface area contributed by atoms with Crippen LogP contribution in [0.25, 0.3) is 10.4 Å². The normalized spacial score (nSPS) is 19.8. The lowest BCUT2D eigenvalue weighted by Gasteiger charge is -2.63. The van der Waals surface area contributed by atoms with Crippen molar-refractivity contribution in [3.05, 3.63) is 100 Å². The van der Waals surface area contributed by atoms with Crippen LogP contribution in [0.15, 0.2) is 72.2 Å². The van der Waals surface area contributed by atoms with Crippen LogP contribution in [0, 0.1) is 34.5 Å². The number of carbonyl (C=O) groups excluding carboxylic acids is 4. The number of β-amino-alcohol motifs (C(OH)–C–C–N with tert-alkyl or cyclic N) is 1. The zero-order valence-electron chi connectivity index (χ0n) is 40.9. The zero-order chi connectivity index (χ0) is 51.2. The number of ether oxygens (including phenoxy) is 3. The number of amides is 4. The standard InChI is InChI=1S/C52H63F3N6O8S/c1-31-42(70-30-58-31)33-14-12-32(13-15-33)27-57-45(65)40-24-36(62)28-61(40)46(66)43(49(2,3)4)59-41(63)29-67-22-10-9-11-23-68-37-19-16-34(17-20-37)44(64)60-47-50(5,6)48(51(47,7)8)69-38-21-18-35(26-56)39(25-38)52(53,54)55/h12-21,25,30,36,40,43,47-48,62H,9-11,22-24,27-29H2,1-8H3,(H,57,65)(H,59,63)(H,60,64)/t36-,40+,43-,47-,48-/m1/s1. The molecule has 4 N–H and O–H groups in total. The molecule has 1 saturated carbocycles. The van der Waals surface area contributed by atoms with Crippen molar-refractivity contribution in [3.63, 3.8) is 0 Å². The highest BCUT2D eigenvalue weighted by Crippen LogP contribution is 2.56. The third-order valence-electron chi connectivity index (χ3n) is 13.0. The Morgan fingerprint density at radius 3 is 2.21 bits per heavy atom. The fraction of sp³-hybridized carbons (Fsp3) is 0.500. The molecule has 70 heavy (non-hydrogen) atoms. The minimum absolute atomic E-state index is 0.00936. The van der Waals surface area contributed by atoms with Crippen molar-refractivity contribution >= 4 is 35.0 Å². The Morgan fingerprint density at radius 1 is 0.943 bits per heavy atom. The van der Waals surface area contributed by atoms with Crippen molar-refractivity contribution in [1.29, 1.82) is 5.26 Å². The van der Waals surface area contributed by atoms with Gasteiger partial charge in [-0.05, 0) is 85.2 Å². The van der Waals surface area contributed by atoms with Crippen molar-refractivity contribution in [2.45, 2.75) is 124 Å². The molecule has 3 aromatic carbocycles. The molecule has 18 heteroatoms. The number of alkyl halides is 3. The number of rotatable bonds is 19. The first kappa shape index (κ1) is 53.3. The second-order valence-electron chi connectivity index (χ2n) is 20.3. The number of aryl methyl sites for hydroxylation is 1.